The van der Waals surface area contributed by atoms with Gasteiger partial charge < -0.3 is 19.4 Å². The van der Waals surface area contributed by atoms with Crippen LogP contribution in [0, 0.1) is 20.8 Å². The maximum Gasteiger partial charge on any atom is 0.261 e. The van der Waals surface area contributed by atoms with Gasteiger partial charge in [0, 0.05) is 12.7 Å². The molecule has 2 amide bonds. The third-order valence-corrected chi connectivity index (χ3v) is 4.75. The first-order valence-corrected chi connectivity index (χ1v) is 8.92. The molecule has 1 aliphatic rings. The van der Waals surface area contributed by atoms with E-state index in [-0.39, 0.29) is 11.8 Å². The number of hydrogen-bond acceptors (Lipinski definition) is 4. The van der Waals surface area contributed by atoms with Crippen molar-refractivity contribution >= 4 is 23.2 Å². The first kappa shape index (κ1) is 17.9. The van der Waals surface area contributed by atoms with Gasteiger partial charge in [-0.1, -0.05) is 6.07 Å². The van der Waals surface area contributed by atoms with Gasteiger partial charge in [0.25, 0.3) is 11.8 Å². The number of aryl methyl sites for hydroxylation is 3. The van der Waals surface area contributed by atoms with Gasteiger partial charge in [-0.3, -0.25) is 9.59 Å². The van der Waals surface area contributed by atoms with Crippen LogP contribution in [0.5, 0.6) is 11.5 Å². The van der Waals surface area contributed by atoms with E-state index in [9.17, 15) is 9.59 Å². The van der Waals surface area contributed by atoms with Gasteiger partial charge in [-0.2, -0.15) is 0 Å². The number of fused-ring (bicyclic) bond motifs is 2. The zero-order valence-electron chi connectivity index (χ0n) is 16.1. The van der Waals surface area contributed by atoms with Crippen molar-refractivity contribution in [3.8, 4) is 11.5 Å². The number of benzene rings is 2. The predicted octanol–water partition coefficient (Wildman–Crippen LogP) is 4.84. The second kappa shape index (κ2) is 6.56. The summed E-state index contributed by atoms with van der Waals surface area (Å²) in [6.45, 7) is 5.49. The van der Waals surface area contributed by atoms with Gasteiger partial charge in [-0.25, -0.2) is 0 Å². The van der Waals surface area contributed by atoms with Crippen molar-refractivity contribution in [1.82, 2.24) is 0 Å². The van der Waals surface area contributed by atoms with Crippen LogP contribution in [0.4, 0.5) is 11.4 Å². The molecule has 6 heteroatoms. The van der Waals surface area contributed by atoms with Gasteiger partial charge >= 0.3 is 0 Å². The maximum absolute atomic E-state index is 13.0. The lowest BCUT2D eigenvalue weighted by atomic mass is 10.1. The molecule has 0 spiro atoms. The quantitative estimate of drug-likeness (QED) is 0.695. The molecule has 1 N–H and O–H groups in total. The van der Waals surface area contributed by atoms with Crippen molar-refractivity contribution in [2.24, 2.45) is 0 Å². The summed E-state index contributed by atoms with van der Waals surface area (Å²) in [4.78, 5) is 27.1. The highest BCUT2D eigenvalue weighted by molar-refractivity contribution is 6.11. The lowest BCUT2D eigenvalue weighted by Gasteiger charge is -2.16. The minimum Gasteiger partial charge on any atom is -0.466 e. The number of furan rings is 1. The fourth-order valence-electron chi connectivity index (χ4n) is 3.30. The second-order valence-electron chi connectivity index (χ2n) is 6.93. The first-order chi connectivity index (χ1) is 13.3. The number of amides is 2. The number of nitrogens with zero attached hydrogens (tertiary/aromatic N) is 1. The molecule has 4 rings (SSSR count). The average Bonchev–Trinajstić information content (AvgIpc) is 2.96. The monoisotopic (exact) mass is 376 g/mol. The highest BCUT2D eigenvalue weighted by Crippen LogP contribution is 2.39. The maximum atomic E-state index is 13.0. The zero-order chi connectivity index (χ0) is 20.0. The molecule has 3 aromatic rings. The van der Waals surface area contributed by atoms with Crippen LogP contribution in [-0.4, -0.2) is 18.9 Å². The van der Waals surface area contributed by atoms with Crippen LogP contribution in [0.15, 0.2) is 46.9 Å². The van der Waals surface area contributed by atoms with E-state index in [2.05, 4.69) is 5.32 Å². The third-order valence-electron chi connectivity index (χ3n) is 4.75. The highest BCUT2D eigenvalue weighted by Gasteiger charge is 2.26. The Balaban J connectivity index is 1.68. The highest BCUT2D eigenvalue weighted by atomic mass is 16.5. The van der Waals surface area contributed by atoms with Gasteiger partial charge in [0.15, 0.2) is 5.75 Å². The van der Waals surface area contributed by atoms with Crippen molar-refractivity contribution < 1.29 is 18.7 Å². The Bertz CT molecular complexity index is 1110. The lowest BCUT2D eigenvalue weighted by Crippen LogP contribution is -2.25. The molecule has 0 fully saturated rings. The second-order valence-corrected chi connectivity index (χ2v) is 6.93. The van der Waals surface area contributed by atoms with E-state index in [1.165, 1.54) is 0 Å². The van der Waals surface area contributed by atoms with E-state index >= 15 is 0 Å². The van der Waals surface area contributed by atoms with Crippen LogP contribution in [0.2, 0.25) is 0 Å². The number of nitrogens with one attached hydrogen (secondary N) is 1. The Morgan fingerprint density at radius 1 is 1.00 bits per heavy atom. The van der Waals surface area contributed by atoms with E-state index in [4.69, 9.17) is 9.15 Å². The summed E-state index contributed by atoms with van der Waals surface area (Å²) in [7, 11) is 1.71. The summed E-state index contributed by atoms with van der Waals surface area (Å²) in [5.74, 6) is 1.79. The summed E-state index contributed by atoms with van der Waals surface area (Å²) in [5, 5.41) is 2.82. The fourth-order valence-corrected chi connectivity index (χ4v) is 3.30. The number of anilines is 2. The first-order valence-electron chi connectivity index (χ1n) is 8.92. The van der Waals surface area contributed by atoms with Crippen molar-refractivity contribution in [3.63, 3.8) is 0 Å². The third kappa shape index (κ3) is 3.03. The zero-order valence-corrected chi connectivity index (χ0v) is 16.1. The molecule has 0 saturated carbocycles. The summed E-state index contributed by atoms with van der Waals surface area (Å²) in [6, 6.07) is 12.4. The molecule has 0 radical (unpaired) electrons. The van der Waals surface area contributed by atoms with Crippen LogP contribution < -0.4 is 15.0 Å². The summed E-state index contributed by atoms with van der Waals surface area (Å²) >= 11 is 0. The molecule has 0 bridgehead atoms. The summed E-state index contributed by atoms with van der Waals surface area (Å²) in [6.07, 6.45) is 0. The topological polar surface area (TPSA) is 71.8 Å². The van der Waals surface area contributed by atoms with Crippen molar-refractivity contribution in [3.05, 3.63) is 70.7 Å². The van der Waals surface area contributed by atoms with E-state index in [1.807, 2.05) is 25.1 Å². The Morgan fingerprint density at radius 3 is 2.46 bits per heavy atom. The fraction of sp³-hybridized carbons (Fsp3) is 0.182. The van der Waals surface area contributed by atoms with Crippen LogP contribution in [-0.2, 0) is 0 Å². The van der Waals surface area contributed by atoms with E-state index in [1.54, 1.807) is 50.1 Å². The summed E-state index contributed by atoms with van der Waals surface area (Å²) < 4.78 is 11.4. The molecule has 6 nitrogen and oxygen atoms in total. The molecule has 1 aromatic heterocycles. The molecule has 28 heavy (non-hydrogen) atoms. The average molecular weight is 376 g/mol. The van der Waals surface area contributed by atoms with Gasteiger partial charge in [-0.15, -0.1) is 0 Å². The minimum absolute atomic E-state index is 0.203. The van der Waals surface area contributed by atoms with Crippen LogP contribution >= 0.6 is 0 Å². The van der Waals surface area contributed by atoms with E-state index < -0.39 is 0 Å². The number of hydrogen-bond donors (Lipinski definition) is 1. The smallest absolute Gasteiger partial charge is 0.261 e. The van der Waals surface area contributed by atoms with E-state index in [0.29, 0.717) is 45.5 Å². The molecule has 0 unspecified atom stereocenters. The SMILES string of the molecule is Cc1ccc2c(c1)N(C)C(=O)c1cc(NC(=O)c3cc(C)oc3C)ccc1O2. The van der Waals surface area contributed by atoms with Crippen molar-refractivity contribution in [2.75, 3.05) is 17.3 Å². The lowest BCUT2D eigenvalue weighted by molar-refractivity contribution is 0.0989. The molecule has 0 atom stereocenters. The van der Waals surface area contributed by atoms with Crippen LogP contribution in [0.3, 0.4) is 0 Å². The molecule has 142 valence electrons. The van der Waals surface area contributed by atoms with Gasteiger partial charge in [0.1, 0.15) is 17.3 Å². The number of ether oxygens (including phenoxy) is 1. The van der Waals surface area contributed by atoms with Crippen molar-refractivity contribution in [2.45, 2.75) is 20.8 Å². The Labute approximate surface area is 162 Å². The Morgan fingerprint density at radius 2 is 1.75 bits per heavy atom. The van der Waals surface area contributed by atoms with Gasteiger partial charge in [0.05, 0.1) is 16.8 Å². The number of rotatable bonds is 2. The number of carbonyl (C=O) groups is 2. The molecular formula is C22H20N2O4. The number of carbonyl (C=O) groups excluding carboxylic acids is 2. The Kier molecular flexibility index (Phi) is 4.19. The molecule has 0 aliphatic carbocycles. The van der Waals surface area contributed by atoms with Gasteiger partial charge in [0.2, 0.25) is 0 Å². The molecule has 2 aromatic carbocycles. The molecule has 2 heterocycles. The Hall–Kier alpha value is -3.54. The molecular weight excluding hydrogens is 356 g/mol. The normalized spacial score (nSPS) is 12.7. The van der Waals surface area contributed by atoms with Gasteiger partial charge in [-0.05, 0) is 62.7 Å². The predicted molar refractivity (Wildman–Crippen MR) is 107 cm³/mol. The standard InChI is InChI=1S/C22H20N2O4/c1-12-5-7-20-18(9-12)24(4)22(26)17-11-15(6-8-19(17)28-20)23-21(25)16-10-13(2)27-14(16)3/h5-11H,1-4H3,(H,23,25). The molecule has 1 aliphatic heterocycles. The summed E-state index contributed by atoms with van der Waals surface area (Å²) in [5.41, 5.74) is 3.10. The van der Waals surface area contributed by atoms with Crippen LogP contribution in [0.1, 0.15) is 37.8 Å². The largest absolute Gasteiger partial charge is 0.466 e. The molecule has 0 saturated heterocycles. The van der Waals surface area contributed by atoms with Crippen molar-refractivity contribution in [1.29, 1.82) is 0 Å². The minimum atomic E-state index is -0.288. The van der Waals surface area contributed by atoms with Crippen LogP contribution in [0.25, 0.3) is 0 Å². The van der Waals surface area contributed by atoms with E-state index in [0.717, 1.165) is 5.56 Å².